The van der Waals surface area contributed by atoms with Crippen molar-refractivity contribution in [3.8, 4) is 0 Å². The minimum atomic E-state index is 0.701. The molecule has 1 fully saturated rings. The lowest BCUT2D eigenvalue weighted by Gasteiger charge is -2.33. The van der Waals surface area contributed by atoms with Crippen LogP contribution in [0.1, 0.15) is 47.5 Å². The molecule has 2 unspecified atom stereocenters. The number of rotatable bonds is 9. The third kappa shape index (κ3) is 5.05. The monoisotopic (exact) mass is 269 g/mol. The summed E-state index contributed by atoms with van der Waals surface area (Å²) in [5.74, 6) is 0.736. The van der Waals surface area contributed by atoms with Gasteiger partial charge in [-0.3, -0.25) is 9.80 Å². The Balaban J connectivity index is 2.48. The highest BCUT2D eigenvalue weighted by atomic mass is 15.3. The van der Waals surface area contributed by atoms with Crippen LogP contribution in [0.25, 0.3) is 0 Å². The van der Waals surface area contributed by atoms with Gasteiger partial charge in [-0.1, -0.05) is 34.6 Å². The molecule has 1 saturated heterocycles. The number of likely N-dealkylation sites (tertiary alicyclic amines) is 1. The van der Waals surface area contributed by atoms with E-state index in [9.17, 15) is 0 Å². The van der Waals surface area contributed by atoms with Gasteiger partial charge < -0.3 is 5.32 Å². The summed E-state index contributed by atoms with van der Waals surface area (Å²) in [6.07, 6.45) is 2.57. The quantitative estimate of drug-likeness (QED) is 0.649. The highest BCUT2D eigenvalue weighted by molar-refractivity contribution is 4.88. The van der Waals surface area contributed by atoms with Crippen LogP contribution < -0.4 is 5.32 Å². The Morgan fingerprint density at radius 1 is 1.21 bits per heavy atom. The molecular weight excluding hydrogens is 234 g/mol. The van der Waals surface area contributed by atoms with Gasteiger partial charge in [-0.05, 0) is 38.4 Å². The molecule has 0 saturated carbocycles. The van der Waals surface area contributed by atoms with Gasteiger partial charge in [-0.25, -0.2) is 0 Å². The Morgan fingerprint density at radius 3 is 2.42 bits per heavy atom. The molecule has 0 bridgehead atoms. The van der Waals surface area contributed by atoms with Crippen LogP contribution in [0.2, 0.25) is 0 Å². The molecule has 0 aromatic carbocycles. The summed E-state index contributed by atoms with van der Waals surface area (Å²) >= 11 is 0. The minimum absolute atomic E-state index is 0.701. The summed E-state index contributed by atoms with van der Waals surface area (Å²) in [5, 5.41) is 3.61. The number of hydrogen-bond donors (Lipinski definition) is 1. The molecule has 0 amide bonds. The third-order valence-electron chi connectivity index (χ3n) is 4.54. The fraction of sp³-hybridized carbons (Fsp3) is 1.00. The van der Waals surface area contributed by atoms with E-state index >= 15 is 0 Å². The van der Waals surface area contributed by atoms with Gasteiger partial charge in [0, 0.05) is 31.7 Å². The zero-order valence-electron chi connectivity index (χ0n) is 13.8. The van der Waals surface area contributed by atoms with E-state index in [0.717, 1.165) is 25.0 Å². The van der Waals surface area contributed by atoms with E-state index in [0.29, 0.717) is 6.04 Å². The van der Waals surface area contributed by atoms with Gasteiger partial charge in [0.15, 0.2) is 0 Å². The molecule has 0 aromatic heterocycles. The largest absolute Gasteiger partial charge is 0.315 e. The van der Waals surface area contributed by atoms with Gasteiger partial charge in [-0.15, -0.1) is 0 Å². The van der Waals surface area contributed by atoms with Crippen LogP contribution in [0.5, 0.6) is 0 Å². The molecular formula is C16H35N3. The number of nitrogens with zero attached hydrogens (tertiary/aromatic N) is 2. The summed E-state index contributed by atoms with van der Waals surface area (Å²) < 4.78 is 0. The molecule has 114 valence electrons. The van der Waals surface area contributed by atoms with E-state index in [2.05, 4.69) is 49.7 Å². The summed E-state index contributed by atoms with van der Waals surface area (Å²) in [4.78, 5) is 5.34. The summed E-state index contributed by atoms with van der Waals surface area (Å²) in [6.45, 7) is 18.8. The molecule has 1 aliphatic rings. The second kappa shape index (κ2) is 8.93. The fourth-order valence-electron chi connectivity index (χ4n) is 3.32. The third-order valence-corrected chi connectivity index (χ3v) is 4.54. The van der Waals surface area contributed by atoms with Gasteiger partial charge in [0.25, 0.3) is 0 Å². The van der Waals surface area contributed by atoms with Gasteiger partial charge in [0.2, 0.25) is 0 Å². The lowest BCUT2D eigenvalue weighted by molar-refractivity contribution is 0.158. The Kier molecular flexibility index (Phi) is 7.96. The minimum Gasteiger partial charge on any atom is -0.315 e. The Labute approximate surface area is 120 Å². The maximum absolute atomic E-state index is 3.61. The first-order chi connectivity index (χ1) is 9.13. The molecule has 0 spiro atoms. The first kappa shape index (κ1) is 16.9. The second-order valence-corrected chi connectivity index (χ2v) is 6.17. The van der Waals surface area contributed by atoms with Crippen molar-refractivity contribution in [3.05, 3.63) is 0 Å². The maximum atomic E-state index is 3.61. The van der Waals surface area contributed by atoms with Crippen LogP contribution in [0, 0.1) is 5.92 Å². The zero-order valence-corrected chi connectivity index (χ0v) is 13.8. The van der Waals surface area contributed by atoms with E-state index < -0.39 is 0 Å². The van der Waals surface area contributed by atoms with Crippen LogP contribution in [-0.4, -0.2) is 61.2 Å². The van der Waals surface area contributed by atoms with Crippen molar-refractivity contribution in [3.63, 3.8) is 0 Å². The van der Waals surface area contributed by atoms with Gasteiger partial charge in [0.05, 0.1) is 0 Å². The average Bonchev–Trinajstić information content (AvgIpc) is 2.85. The molecule has 1 N–H and O–H groups in total. The number of nitrogens with one attached hydrogen (secondary N) is 1. The molecule has 2 atom stereocenters. The van der Waals surface area contributed by atoms with Crippen molar-refractivity contribution in [2.45, 2.75) is 59.5 Å². The Morgan fingerprint density at radius 2 is 1.89 bits per heavy atom. The molecule has 3 nitrogen and oxygen atoms in total. The van der Waals surface area contributed by atoms with E-state index in [1.807, 2.05) is 0 Å². The van der Waals surface area contributed by atoms with Crippen LogP contribution in [0.15, 0.2) is 0 Å². The van der Waals surface area contributed by atoms with Crippen LogP contribution in [0.3, 0.4) is 0 Å². The van der Waals surface area contributed by atoms with E-state index in [1.54, 1.807) is 0 Å². The van der Waals surface area contributed by atoms with Crippen molar-refractivity contribution in [2.24, 2.45) is 5.92 Å². The van der Waals surface area contributed by atoms with Crippen molar-refractivity contribution >= 4 is 0 Å². The topological polar surface area (TPSA) is 18.5 Å². The highest BCUT2D eigenvalue weighted by Crippen LogP contribution is 2.21. The van der Waals surface area contributed by atoms with Gasteiger partial charge in [0.1, 0.15) is 0 Å². The van der Waals surface area contributed by atoms with Crippen molar-refractivity contribution in [1.29, 1.82) is 0 Å². The van der Waals surface area contributed by atoms with E-state index in [-0.39, 0.29) is 0 Å². The normalized spacial score (nSPS) is 22.6. The Hall–Kier alpha value is -0.120. The highest BCUT2D eigenvalue weighted by Gasteiger charge is 2.31. The van der Waals surface area contributed by atoms with Crippen LogP contribution >= 0.6 is 0 Å². The average molecular weight is 269 g/mol. The van der Waals surface area contributed by atoms with E-state index in [4.69, 9.17) is 0 Å². The molecule has 1 aliphatic heterocycles. The SMILES string of the molecule is CCCNCC(C(C)C)N1CCC(N(CC)CC)C1. The fourth-order valence-corrected chi connectivity index (χ4v) is 3.32. The van der Waals surface area contributed by atoms with Gasteiger partial charge in [-0.2, -0.15) is 0 Å². The van der Waals surface area contributed by atoms with Crippen LogP contribution in [-0.2, 0) is 0 Å². The predicted molar refractivity (Wildman–Crippen MR) is 84.7 cm³/mol. The summed E-state index contributed by atoms with van der Waals surface area (Å²) in [7, 11) is 0. The number of likely N-dealkylation sites (N-methyl/N-ethyl adjacent to an activating group) is 1. The molecule has 0 aromatic rings. The van der Waals surface area contributed by atoms with Crippen LogP contribution in [0.4, 0.5) is 0 Å². The second-order valence-electron chi connectivity index (χ2n) is 6.17. The number of hydrogen-bond acceptors (Lipinski definition) is 3. The molecule has 3 heteroatoms. The molecule has 0 aliphatic carbocycles. The first-order valence-electron chi connectivity index (χ1n) is 8.32. The standard InChI is InChI=1S/C16H35N3/c1-6-10-17-12-16(14(4)5)19-11-9-15(13-19)18(7-2)8-3/h14-17H,6-13H2,1-5H3. The van der Waals surface area contributed by atoms with Gasteiger partial charge >= 0.3 is 0 Å². The molecule has 1 heterocycles. The van der Waals surface area contributed by atoms with Crippen molar-refractivity contribution in [1.82, 2.24) is 15.1 Å². The first-order valence-corrected chi connectivity index (χ1v) is 8.32. The van der Waals surface area contributed by atoms with E-state index in [1.165, 1.54) is 39.0 Å². The predicted octanol–water partition coefficient (Wildman–Crippen LogP) is 2.43. The Bertz CT molecular complexity index is 226. The maximum Gasteiger partial charge on any atom is 0.0244 e. The summed E-state index contributed by atoms with van der Waals surface area (Å²) in [6, 6.07) is 1.48. The molecule has 19 heavy (non-hydrogen) atoms. The lowest BCUT2D eigenvalue weighted by Crippen LogP contribution is -2.46. The lowest BCUT2D eigenvalue weighted by atomic mass is 10.0. The zero-order chi connectivity index (χ0) is 14.3. The smallest absolute Gasteiger partial charge is 0.0244 e. The summed E-state index contributed by atoms with van der Waals surface area (Å²) in [5.41, 5.74) is 0. The molecule has 0 radical (unpaired) electrons. The molecule has 1 rings (SSSR count). The van der Waals surface area contributed by atoms with Crippen molar-refractivity contribution < 1.29 is 0 Å². The van der Waals surface area contributed by atoms with Crippen molar-refractivity contribution in [2.75, 3.05) is 39.3 Å².